The Hall–Kier alpha value is -0.620. The second-order valence-electron chi connectivity index (χ2n) is 4.08. The first-order chi connectivity index (χ1) is 6.72. The molecule has 0 saturated carbocycles. The molecular weight excluding hydrogens is 280 g/mol. The van der Waals surface area contributed by atoms with E-state index < -0.39 is 14.8 Å². The van der Waals surface area contributed by atoms with Gasteiger partial charge < -0.3 is 0 Å². The number of nitrogens with zero attached hydrogens (tertiary/aromatic N) is 1. The molecule has 0 spiro atoms. The smallest absolute Gasteiger partial charge is 0.238 e. The number of halogens is 1. The fourth-order valence-corrected chi connectivity index (χ4v) is 1.66. The van der Waals surface area contributed by atoms with Crippen LogP contribution in [0.5, 0.6) is 0 Å². The quantitative estimate of drug-likeness (QED) is 0.910. The topological polar surface area (TPSA) is 59.1 Å². The van der Waals surface area contributed by atoms with Crippen molar-refractivity contribution in [1.82, 2.24) is 4.98 Å². The molecule has 0 atom stereocenters. The van der Waals surface area contributed by atoms with Gasteiger partial charge in [-0.3, -0.25) is 4.72 Å². The van der Waals surface area contributed by atoms with E-state index in [2.05, 4.69) is 25.6 Å². The van der Waals surface area contributed by atoms with E-state index in [1.807, 2.05) is 0 Å². The van der Waals surface area contributed by atoms with E-state index >= 15 is 0 Å². The van der Waals surface area contributed by atoms with Gasteiger partial charge in [0.15, 0.2) is 0 Å². The Kier molecular flexibility index (Phi) is 3.40. The average molecular weight is 293 g/mol. The zero-order valence-electron chi connectivity index (χ0n) is 8.78. The summed E-state index contributed by atoms with van der Waals surface area (Å²) < 4.78 is 25.9. The Balaban J connectivity index is 2.93. The van der Waals surface area contributed by atoms with Gasteiger partial charge in [0.1, 0.15) is 5.82 Å². The third-order valence-electron chi connectivity index (χ3n) is 1.77. The summed E-state index contributed by atoms with van der Waals surface area (Å²) in [6, 6.07) is 3.33. The molecule has 0 bridgehead atoms. The van der Waals surface area contributed by atoms with Gasteiger partial charge in [-0.2, -0.15) is 0 Å². The number of nitrogens with one attached hydrogen (secondary N) is 1. The van der Waals surface area contributed by atoms with Gasteiger partial charge in [0, 0.05) is 10.7 Å². The summed E-state index contributed by atoms with van der Waals surface area (Å²) >= 11 is 3.22. The van der Waals surface area contributed by atoms with Gasteiger partial charge in [0.25, 0.3) is 0 Å². The predicted molar refractivity (Wildman–Crippen MR) is 64.2 cm³/mol. The van der Waals surface area contributed by atoms with Crippen molar-refractivity contribution >= 4 is 31.8 Å². The summed E-state index contributed by atoms with van der Waals surface area (Å²) in [6.45, 7) is 4.90. The molecule has 4 nitrogen and oxygen atoms in total. The molecule has 1 heterocycles. The molecule has 0 aliphatic carbocycles. The van der Waals surface area contributed by atoms with Crippen molar-refractivity contribution in [1.29, 1.82) is 0 Å². The molecule has 1 N–H and O–H groups in total. The minimum Gasteiger partial charge on any atom is -0.267 e. The van der Waals surface area contributed by atoms with Crippen molar-refractivity contribution in [3.05, 3.63) is 22.8 Å². The summed E-state index contributed by atoms with van der Waals surface area (Å²) in [6.07, 6.45) is 1.54. The van der Waals surface area contributed by atoms with Gasteiger partial charge in [-0.15, -0.1) is 0 Å². The van der Waals surface area contributed by atoms with Gasteiger partial charge in [-0.25, -0.2) is 13.4 Å². The molecule has 0 aliphatic rings. The standard InChI is InChI=1S/C9H13BrN2O2S/c1-9(2,3)15(13,14)12-8-5-4-7(10)6-11-8/h4-6H,1-3H3,(H,11,12). The Bertz CT molecular complexity index is 434. The molecule has 0 radical (unpaired) electrons. The highest BCUT2D eigenvalue weighted by Gasteiger charge is 2.29. The van der Waals surface area contributed by atoms with Crippen LogP contribution in [-0.4, -0.2) is 18.1 Å². The maximum absolute atomic E-state index is 11.7. The SMILES string of the molecule is CC(C)(C)S(=O)(=O)Nc1ccc(Br)cn1. The van der Waals surface area contributed by atoms with Crippen LogP contribution in [0.15, 0.2) is 22.8 Å². The Morgan fingerprint density at radius 1 is 1.33 bits per heavy atom. The van der Waals surface area contributed by atoms with Crippen molar-refractivity contribution in [2.24, 2.45) is 0 Å². The fraction of sp³-hybridized carbons (Fsp3) is 0.444. The molecule has 0 aromatic carbocycles. The first-order valence-corrected chi connectivity index (χ1v) is 6.64. The maximum Gasteiger partial charge on any atom is 0.238 e. The molecule has 0 fully saturated rings. The van der Waals surface area contributed by atoms with Crippen molar-refractivity contribution in [2.75, 3.05) is 4.72 Å². The third-order valence-corrected chi connectivity index (χ3v) is 4.33. The van der Waals surface area contributed by atoms with E-state index in [1.165, 1.54) is 0 Å². The average Bonchev–Trinajstić information content (AvgIpc) is 2.06. The van der Waals surface area contributed by atoms with Gasteiger partial charge in [-0.1, -0.05) is 0 Å². The largest absolute Gasteiger partial charge is 0.267 e. The summed E-state index contributed by atoms with van der Waals surface area (Å²) in [5.41, 5.74) is 0. The van der Waals surface area contributed by atoms with Crippen LogP contribution in [0.4, 0.5) is 5.82 Å². The Morgan fingerprint density at radius 2 is 1.93 bits per heavy atom. The van der Waals surface area contributed by atoms with E-state index in [-0.39, 0.29) is 0 Å². The normalized spacial score (nSPS) is 12.5. The number of rotatable bonds is 2. The molecule has 0 saturated heterocycles. The number of aromatic nitrogens is 1. The molecule has 15 heavy (non-hydrogen) atoms. The van der Waals surface area contributed by atoms with Crippen LogP contribution in [0.2, 0.25) is 0 Å². The molecule has 84 valence electrons. The molecular formula is C9H13BrN2O2S. The van der Waals surface area contributed by atoms with Gasteiger partial charge >= 0.3 is 0 Å². The van der Waals surface area contributed by atoms with E-state index in [0.29, 0.717) is 5.82 Å². The van der Waals surface area contributed by atoms with Crippen molar-refractivity contribution < 1.29 is 8.42 Å². The molecule has 0 unspecified atom stereocenters. The lowest BCUT2D eigenvalue weighted by atomic mass is 10.3. The zero-order valence-corrected chi connectivity index (χ0v) is 11.2. The molecule has 6 heteroatoms. The van der Waals surface area contributed by atoms with Crippen LogP contribution < -0.4 is 4.72 Å². The van der Waals surface area contributed by atoms with Crippen molar-refractivity contribution in [3.63, 3.8) is 0 Å². The Morgan fingerprint density at radius 3 is 2.33 bits per heavy atom. The minimum atomic E-state index is -3.39. The summed E-state index contributed by atoms with van der Waals surface area (Å²) in [4.78, 5) is 3.94. The number of sulfonamides is 1. The number of hydrogen-bond acceptors (Lipinski definition) is 3. The molecule has 1 aromatic rings. The highest BCUT2D eigenvalue weighted by molar-refractivity contribution is 9.10. The summed E-state index contributed by atoms with van der Waals surface area (Å²) in [5.74, 6) is 0.327. The van der Waals surface area contributed by atoms with Crippen LogP contribution in [-0.2, 0) is 10.0 Å². The summed E-state index contributed by atoms with van der Waals surface area (Å²) in [7, 11) is -3.39. The van der Waals surface area contributed by atoms with E-state index in [9.17, 15) is 8.42 Å². The lowest BCUT2D eigenvalue weighted by molar-refractivity contribution is 0.566. The number of hydrogen-bond donors (Lipinski definition) is 1. The third kappa shape index (κ3) is 3.17. The van der Waals surface area contributed by atoms with Crippen molar-refractivity contribution in [2.45, 2.75) is 25.5 Å². The Labute approximate surface area is 98.3 Å². The molecule has 1 rings (SSSR count). The molecule has 1 aromatic heterocycles. The second kappa shape index (κ2) is 4.09. The van der Waals surface area contributed by atoms with E-state index in [4.69, 9.17) is 0 Å². The lowest BCUT2D eigenvalue weighted by Crippen LogP contribution is -2.33. The summed E-state index contributed by atoms with van der Waals surface area (Å²) in [5, 5.41) is 0. The van der Waals surface area contributed by atoms with Crippen molar-refractivity contribution in [3.8, 4) is 0 Å². The minimum absolute atomic E-state index is 0.327. The zero-order chi connectivity index (χ0) is 11.7. The fourth-order valence-electron chi connectivity index (χ4n) is 0.727. The van der Waals surface area contributed by atoms with Gasteiger partial charge in [-0.05, 0) is 48.8 Å². The first kappa shape index (κ1) is 12.4. The monoisotopic (exact) mass is 292 g/mol. The van der Waals surface area contributed by atoms with Gasteiger partial charge in [0.2, 0.25) is 10.0 Å². The van der Waals surface area contributed by atoms with Gasteiger partial charge in [0.05, 0.1) is 4.75 Å². The highest BCUT2D eigenvalue weighted by Crippen LogP contribution is 2.18. The van der Waals surface area contributed by atoms with Crippen LogP contribution in [0.25, 0.3) is 0 Å². The lowest BCUT2D eigenvalue weighted by Gasteiger charge is -2.19. The number of pyridine rings is 1. The predicted octanol–water partition coefficient (Wildman–Crippen LogP) is 2.38. The molecule has 0 aliphatic heterocycles. The van der Waals surface area contributed by atoms with Crippen LogP contribution in [0, 0.1) is 0 Å². The molecule has 0 amide bonds. The van der Waals surface area contributed by atoms with Crippen LogP contribution >= 0.6 is 15.9 Å². The number of anilines is 1. The van der Waals surface area contributed by atoms with Crippen LogP contribution in [0.1, 0.15) is 20.8 Å². The maximum atomic E-state index is 11.7. The second-order valence-corrected chi connectivity index (χ2v) is 7.43. The van der Waals surface area contributed by atoms with Crippen LogP contribution in [0.3, 0.4) is 0 Å². The first-order valence-electron chi connectivity index (χ1n) is 4.36. The van der Waals surface area contributed by atoms with E-state index in [1.54, 1.807) is 39.1 Å². The highest BCUT2D eigenvalue weighted by atomic mass is 79.9. The van der Waals surface area contributed by atoms with E-state index in [0.717, 1.165) is 4.47 Å².